The van der Waals surface area contributed by atoms with Gasteiger partial charge in [0.2, 0.25) is 5.91 Å². The van der Waals surface area contributed by atoms with Crippen LogP contribution < -0.4 is 15.2 Å². The third kappa shape index (κ3) is 2.56. The van der Waals surface area contributed by atoms with Gasteiger partial charge in [-0.1, -0.05) is 0 Å². The zero-order valence-corrected chi connectivity index (χ0v) is 10.7. The zero-order valence-electron chi connectivity index (χ0n) is 10.7. The highest BCUT2D eigenvalue weighted by molar-refractivity contribution is 5.76. The van der Waals surface area contributed by atoms with Crippen LogP contribution in [0.25, 0.3) is 0 Å². The van der Waals surface area contributed by atoms with Gasteiger partial charge in [-0.05, 0) is 18.1 Å². The number of carbonyl (C=O) groups excluding carboxylic acids is 1. The first-order valence-electron chi connectivity index (χ1n) is 5.88. The molecule has 0 unspecified atom stereocenters. The van der Waals surface area contributed by atoms with Gasteiger partial charge < -0.3 is 15.2 Å². The summed E-state index contributed by atoms with van der Waals surface area (Å²) in [6.07, 6.45) is 0.857. The molecule has 1 amide bonds. The smallest absolute Gasteiger partial charge is 0.231 e. The lowest BCUT2D eigenvalue weighted by Crippen LogP contribution is -2.37. The van der Waals surface area contributed by atoms with E-state index in [1.54, 1.807) is 14.2 Å². The molecule has 0 fully saturated rings. The van der Waals surface area contributed by atoms with E-state index < -0.39 is 0 Å². The van der Waals surface area contributed by atoms with Gasteiger partial charge in [-0.3, -0.25) is 9.69 Å². The third-order valence-corrected chi connectivity index (χ3v) is 3.18. The summed E-state index contributed by atoms with van der Waals surface area (Å²) in [7, 11) is 3.29. The largest absolute Gasteiger partial charge is 0.497 e. The fraction of sp³-hybridized carbons (Fsp3) is 0.462. The van der Waals surface area contributed by atoms with E-state index >= 15 is 0 Å². The van der Waals surface area contributed by atoms with E-state index in [0.29, 0.717) is 13.1 Å². The van der Waals surface area contributed by atoms with Gasteiger partial charge in [-0.15, -0.1) is 0 Å². The second-order valence-corrected chi connectivity index (χ2v) is 4.39. The van der Waals surface area contributed by atoms with Crippen molar-refractivity contribution in [2.75, 3.05) is 27.3 Å². The van der Waals surface area contributed by atoms with Crippen molar-refractivity contribution in [3.63, 3.8) is 0 Å². The maximum atomic E-state index is 11.0. The molecule has 0 saturated heterocycles. The van der Waals surface area contributed by atoms with E-state index in [-0.39, 0.29) is 5.91 Å². The minimum atomic E-state index is -0.298. The summed E-state index contributed by atoms with van der Waals surface area (Å²) < 4.78 is 10.6. The summed E-state index contributed by atoms with van der Waals surface area (Å²) in [5.41, 5.74) is 7.56. The summed E-state index contributed by atoms with van der Waals surface area (Å²) in [6, 6.07) is 3.88. The molecule has 1 aromatic carbocycles. The van der Waals surface area contributed by atoms with E-state index in [4.69, 9.17) is 15.2 Å². The predicted octanol–water partition coefficient (Wildman–Crippen LogP) is 0.547. The van der Waals surface area contributed by atoms with Crippen LogP contribution in [0.15, 0.2) is 12.1 Å². The number of ether oxygens (including phenoxy) is 2. The Kier molecular flexibility index (Phi) is 3.72. The summed E-state index contributed by atoms with van der Waals surface area (Å²) in [5.74, 6) is 1.32. The molecule has 0 aromatic heterocycles. The Morgan fingerprint density at radius 2 is 2.17 bits per heavy atom. The number of nitrogens with two attached hydrogens (primary N) is 1. The summed E-state index contributed by atoms with van der Waals surface area (Å²) in [4.78, 5) is 13.0. The van der Waals surface area contributed by atoms with E-state index in [0.717, 1.165) is 30.0 Å². The van der Waals surface area contributed by atoms with Crippen LogP contribution in [0.2, 0.25) is 0 Å². The minimum absolute atomic E-state index is 0.291. The Labute approximate surface area is 106 Å². The number of nitrogens with zero attached hydrogens (tertiary/aromatic N) is 1. The van der Waals surface area contributed by atoms with Gasteiger partial charge in [0, 0.05) is 24.7 Å². The van der Waals surface area contributed by atoms with Crippen LogP contribution in [0.5, 0.6) is 11.5 Å². The SMILES string of the molecule is COc1cc2c(c(OC)c1)CCN(CC(N)=O)C2. The van der Waals surface area contributed by atoms with Crippen molar-refractivity contribution < 1.29 is 14.3 Å². The monoisotopic (exact) mass is 250 g/mol. The Morgan fingerprint density at radius 3 is 2.78 bits per heavy atom. The molecular weight excluding hydrogens is 232 g/mol. The molecule has 1 aliphatic heterocycles. The standard InChI is InChI=1S/C13H18N2O3/c1-17-10-5-9-7-15(8-13(14)16)4-3-11(9)12(6-10)18-2/h5-6H,3-4,7-8H2,1-2H3,(H2,14,16). The zero-order chi connectivity index (χ0) is 13.1. The summed E-state index contributed by atoms with van der Waals surface area (Å²) >= 11 is 0. The van der Waals surface area contributed by atoms with E-state index in [1.807, 2.05) is 17.0 Å². The van der Waals surface area contributed by atoms with Crippen molar-refractivity contribution in [3.05, 3.63) is 23.3 Å². The molecule has 0 spiro atoms. The third-order valence-electron chi connectivity index (χ3n) is 3.18. The lowest BCUT2D eigenvalue weighted by molar-refractivity contribution is -0.119. The topological polar surface area (TPSA) is 64.8 Å². The lowest BCUT2D eigenvalue weighted by Gasteiger charge is -2.29. The van der Waals surface area contributed by atoms with Crippen molar-refractivity contribution in [2.45, 2.75) is 13.0 Å². The van der Waals surface area contributed by atoms with Crippen LogP contribution in [-0.4, -0.2) is 38.1 Å². The molecule has 0 bridgehead atoms. The molecule has 0 atom stereocenters. The maximum Gasteiger partial charge on any atom is 0.231 e. The van der Waals surface area contributed by atoms with Gasteiger partial charge in [-0.2, -0.15) is 0 Å². The first-order chi connectivity index (χ1) is 8.63. The van der Waals surface area contributed by atoms with Crippen molar-refractivity contribution >= 4 is 5.91 Å². The van der Waals surface area contributed by atoms with E-state index in [2.05, 4.69) is 0 Å². The molecule has 0 radical (unpaired) electrons. The van der Waals surface area contributed by atoms with Crippen LogP contribution in [-0.2, 0) is 17.8 Å². The number of primary amides is 1. The van der Waals surface area contributed by atoms with E-state index in [1.165, 1.54) is 5.56 Å². The average molecular weight is 250 g/mol. The molecule has 2 rings (SSSR count). The molecule has 2 N–H and O–H groups in total. The molecule has 1 aromatic rings. The molecule has 0 aliphatic carbocycles. The van der Waals surface area contributed by atoms with Gasteiger partial charge in [0.1, 0.15) is 11.5 Å². The first-order valence-corrected chi connectivity index (χ1v) is 5.88. The summed E-state index contributed by atoms with van der Waals surface area (Å²) in [5, 5.41) is 0. The molecular formula is C13H18N2O3. The molecule has 0 saturated carbocycles. The quantitative estimate of drug-likeness (QED) is 0.847. The highest BCUT2D eigenvalue weighted by atomic mass is 16.5. The number of rotatable bonds is 4. The highest BCUT2D eigenvalue weighted by Crippen LogP contribution is 2.32. The number of carbonyl (C=O) groups is 1. The number of fused-ring (bicyclic) bond motifs is 1. The number of methoxy groups -OCH3 is 2. The average Bonchev–Trinajstić information content (AvgIpc) is 2.36. The molecule has 18 heavy (non-hydrogen) atoms. The predicted molar refractivity (Wildman–Crippen MR) is 67.7 cm³/mol. The lowest BCUT2D eigenvalue weighted by atomic mass is 9.98. The fourth-order valence-corrected chi connectivity index (χ4v) is 2.35. The van der Waals surface area contributed by atoms with Crippen molar-refractivity contribution in [1.82, 2.24) is 4.90 Å². The second-order valence-electron chi connectivity index (χ2n) is 4.39. The molecule has 1 heterocycles. The fourth-order valence-electron chi connectivity index (χ4n) is 2.35. The van der Waals surface area contributed by atoms with Crippen LogP contribution in [0.4, 0.5) is 0 Å². The van der Waals surface area contributed by atoms with E-state index in [9.17, 15) is 4.79 Å². The second kappa shape index (κ2) is 5.27. The van der Waals surface area contributed by atoms with Gasteiger partial charge in [0.25, 0.3) is 0 Å². The van der Waals surface area contributed by atoms with Gasteiger partial charge in [-0.25, -0.2) is 0 Å². The van der Waals surface area contributed by atoms with Crippen LogP contribution >= 0.6 is 0 Å². The van der Waals surface area contributed by atoms with Crippen LogP contribution in [0, 0.1) is 0 Å². The Morgan fingerprint density at radius 1 is 1.39 bits per heavy atom. The van der Waals surface area contributed by atoms with Crippen molar-refractivity contribution in [2.24, 2.45) is 5.73 Å². The Hall–Kier alpha value is -1.75. The van der Waals surface area contributed by atoms with Gasteiger partial charge in [0.05, 0.1) is 20.8 Å². The number of benzene rings is 1. The van der Waals surface area contributed by atoms with Gasteiger partial charge >= 0.3 is 0 Å². The molecule has 5 nitrogen and oxygen atoms in total. The van der Waals surface area contributed by atoms with Crippen molar-refractivity contribution in [3.8, 4) is 11.5 Å². The van der Waals surface area contributed by atoms with Crippen molar-refractivity contribution in [1.29, 1.82) is 0 Å². The summed E-state index contributed by atoms with van der Waals surface area (Å²) in [6.45, 7) is 1.81. The van der Waals surface area contributed by atoms with Crippen LogP contribution in [0.1, 0.15) is 11.1 Å². The number of hydrogen-bond donors (Lipinski definition) is 1. The normalized spacial score (nSPS) is 15.0. The number of amides is 1. The highest BCUT2D eigenvalue weighted by Gasteiger charge is 2.21. The Balaban J connectivity index is 2.27. The Bertz CT molecular complexity index is 460. The maximum absolute atomic E-state index is 11.0. The molecule has 5 heteroatoms. The first kappa shape index (κ1) is 12.7. The molecule has 1 aliphatic rings. The molecule has 98 valence electrons. The van der Waals surface area contributed by atoms with Crippen LogP contribution in [0.3, 0.4) is 0 Å². The van der Waals surface area contributed by atoms with Gasteiger partial charge in [0.15, 0.2) is 0 Å². The number of hydrogen-bond acceptors (Lipinski definition) is 4. The minimum Gasteiger partial charge on any atom is -0.497 e.